The van der Waals surface area contributed by atoms with Gasteiger partial charge in [0.25, 0.3) is 0 Å². The van der Waals surface area contributed by atoms with E-state index in [1.165, 1.54) is 0 Å². The monoisotopic (exact) mass is 419 g/mol. The molecule has 0 aromatic carbocycles. The molecule has 0 unspecified atom stereocenters. The second kappa shape index (κ2) is 7.51. The van der Waals surface area contributed by atoms with Gasteiger partial charge < -0.3 is 9.97 Å². The topological polar surface area (TPSA) is 57.4 Å². The van der Waals surface area contributed by atoms with Gasteiger partial charge in [-0.25, -0.2) is 9.97 Å². The van der Waals surface area contributed by atoms with Gasteiger partial charge in [-0.3, -0.25) is 0 Å². The standard InChI is InChI=1S/C20H14N4.Ni.V/c1-2-14-10-16-5-6-18(23-16)12-20-8-7-19(24-20)11-17-4-3-15(22-17)9-13(1)21-14;;/h1-12,21-22H;;. The summed E-state index contributed by atoms with van der Waals surface area (Å²) >= 11 is 0. The van der Waals surface area contributed by atoms with Crippen molar-refractivity contribution in [3.63, 3.8) is 0 Å². The summed E-state index contributed by atoms with van der Waals surface area (Å²) in [5.74, 6) is 0. The average Bonchev–Trinajstić information content (AvgIpc) is 3.32. The van der Waals surface area contributed by atoms with Gasteiger partial charge in [-0.15, -0.1) is 0 Å². The Labute approximate surface area is 172 Å². The molecule has 1 radical (unpaired) electrons. The predicted octanol–water partition coefficient (Wildman–Crippen LogP) is 4.65. The fourth-order valence-corrected chi connectivity index (χ4v) is 2.94. The van der Waals surface area contributed by atoms with Crippen LogP contribution >= 0.6 is 0 Å². The Morgan fingerprint density at radius 2 is 0.846 bits per heavy atom. The number of nitrogens with one attached hydrogen (secondary N) is 2. The molecule has 0 atom stereocenters. The molecule has 2 aliphatic rings. The van der Waals surface area contributed by atoms with E-state index < -0.39 is 0 Å². The summed E-state index contributed by atoms with van der Waals surface area (Å²) in [6, 6.07) is 16.4. The molecule has 0 aliphatic carbocycles. The summed E-state index contributed by atoms with van der Waals surface area (Å²) in [5.41, 5.74) is 7.86. The molecule has 2 N–H and O–H groups in total. The molecule has 0 spiro atoms. The van der Waals surface area contributed by atoms with Gasteiger partial charge in [-0.05, 0) is 72.8 Å². The Morgan fingerprint density at radius 1 is 0.500 bits per heavy atom. The second-order valence-electron chi connectivity index (χ2n) is 5.91. The average molecular weight is 420 g/mol. The van der Waals surface area contributed by atoms with Gasteiger partial charge in [0.05, 0.1) is 22.8 Å². The summed E-state index contributed by atoms with van der Waals surface area (Å²) in [6.07, 6.45) is 8.05. The van der Waals surface area contributed by atoms with Crippen LogP contribution < -0.4 is 0 Å². The van der Waals surface area contributed by atoms with Crippen LogP contribution in [0.25, 0.3) is 46.4 Å². The van der Waals surface area contributed by atoms with Crippen molar-refractivity contribution in [3.05, 3.63) is 71.3 Å². The van der Waals surface area contributed by atoms with E-state index in [-0.39, 0.29) is 35.0 Å². The first-order valence-corrected chi connectivity index (χ1v) is 7.85. The number of hydrogen-bond donors (Lipinski definition) is 2. The van der Waals surface area contributed by atoms with Crippen molar-refractivity contribution in [1.29, 1.82) is 0 Å². The molecule has 2 aliphatic heterocycles. The van der Waals surface area contributed by atoms with Crippen molar-refractivity contribution < 1.29 is 35.0 Å². The van der Waals surface area contributed by atoms with Crippen LogP contribution in [0.3, 0.4) is 0 Å². The number of aromatic nitrogens is 4. The fourth-order valence-electron chi connectivity index (χ4n) is 2.94. The zero-order valence-electron chi connectivity index (χ0n) is 13.6. The zero-order valence-corrected chi connectivity index (χ0v) is 16.0. The summed E-state index contributed by atoms with van der Waals surface area (Å²) in [7, 11) is 0. The van der Waals surface area contributed by atoms with E-state index >= 15 is 0 Å². The molecule has 26 heavy (non-hydrogen) atoms. The summed E-state index contributed by atoms with van der Waals surface area (Å²) in [5, 5.41) is 0. The Morgan fingerprint density at radius 3 is 1.27 bits per heavy atom. The Bertz CT molecular complexity index is 1080. The van der Waals surface area contributed by atoms with Crippen LogP contribution in [0.4, 0.5) is 0 Å². The fraction of sp³-hybridized carbons (Fsp3) is 0. The number of aromatic amines is 2. The molecule has 4 nitrogen and oxygen atoms in total. The smallest absolute Gasteiger partial charge is 0.0659 e. The molecule has 0 amide bonds. The van der Waals surface area contributed by atoms with Crippen LogP contribution in [0, 0.1) is 0 Å². The molecule has 0 fully saturated rings. The molecule has 129 valence electrons. The first kappa shape index (κ1) is 18.5. The van der Waals surface area contributed by atoms with E-state index in [2.05, 4.69) is 50.3 Å². The SMILES string of the molecule is C1=Cc2cc3ccc(cc4ccc(cc5nc(cc1n2)C=C5)[nH]4)[nH]3.[Ni].[V]. The maximum Gasteiger partial charge on any atom is 0.0659 e. The van der Waals surface area contributed by atoms with Crippen molar-refractivity contribution >= 4 is 46.4 Å². The van der Waals surface area contributed by atoms with E-state index in [9.17, 15) is 0 Å². The van der Waals surface area contributed by atoms with Crippen LogP contribution in [0.5, 0.6) is 0 Å². The molecule has 3 aromatic rings. The Balaban J connectivity index is 0.000000980. The first-order valence-electron chi connectivity index (χ1n) is 7.85. The van der Waals surface area contributed by atoms with Crippen molar-refractivity contribution in [2.75, 3.05) is 0 Å². The van der Waals surface area contributed by atoms with Gasteiger partial charge in [0, 0.05) is 57.1 Å². The molecular weight excluding hydrogens is 406 g/mol. The minimum absolute atomic E-state index is 0. The number of rotatable bonds is 0. The third kappa shape index (κ3) is 3.76. The molecule has 0 saturated carbocycles. The third-order valence-electron chi connectivity index (χ3n) is 4.04. The van der Waals surface area contributed by atoms with Crippen LogP contribution in [-0.2, 0) is 35.0 Å². The molecular formula is C20H14N4NiV. The number of nitrogens with zero attached hydrogens (tertiary/aromatic N) is 2. The number of fused-ring (bicyclic) bond motifs is 8. The van der Waals surface area contributed by atoms with Gasteiger partial charge in [-0.1, -0.05) is 0 Å². The van der Waals surface area contributed by atoms with E-state index in [4.69, 9.17) is 0 Å². The minimum atomic E-state index is 0. The van der Waals surface area contributed by atoms with Gasteiger partial charge >= 0.3 is 0 Å². The van der Waals surface area contributed by atoms with E-state index in [0.717, 1.165) is 44.8 Å². The van der Waals surface area contributed by atoms with Gasteiger partial charge in [-0.2, -0.15) is 0 Å². The third-order valence-corrected chi connectivity index (χ3v) is 4.04. The number of H-pyrrole nitrogens is 2. The number of hydrogen-bond acceptors (Lipinski definition) is 2. The van der Waals surface area contributed by atoms with E-state index in [1.807, 2.05) is 42.5 Å². The molecule has 5 heterocycles. The Kier molecular flexibility index (Phi) is 5.33. The van der Waals surface area contributed by atoms with Gasteiger partial charge in [0.1, 0.15) is 0 Å². The maximum atomic E-state index is 4.62. The van der Waals surface area contributed by atoms with Crippen LogP contribution in [0.2, 0.25) is 0 Å². The summed E-state index contributed by atoms with van der Waals surface area (Å²) in [4.78, 5) is 16.0. The maximum absolute atomic E-state index is 4.62. The van der Waals surface area contributed by atoms with Crippen LogP contribution in [0.15, 0.2) is 48.5 Å². The largest absolute Gasteiger partial charge is 0.355 e. The van der Waals surface area contributed by atoms with E-state index in [0.29, 0.717) is 0 Å². The summed E-state index contributed by atoms with van der Waals surface area (Å²) in [6.45, 7) is 0. The zero-order chi connectivity index (χ0) is 15.9. The molecule has 5 rings (SSSR count). The second-order valence-corrected chi connectivity index (χ2v) is 5.91. The van der Waals surface area contributed by atoms with Gasteiger partial charge in [0.15, 0.2) is 0 Å². The van der Waals surface area contributed by atoms with Crippen LogP contribution in [-0.4, -0.2) is 19.9 Å². The molecule has 6 heteroatoms. The Hall–Kier alpha value is -2.32. The van der Waals surface area contributed by atoms with E-state index in [1.54, 1.807) is 0 Å². The molecule has 3 aromatic heterocycles. The summed E-state index contributed by atoms with van der Waals surface area (Å²) < 4.78 is 0. The minimum Gasteiger partial charge on any atom is -0.355 e. The van der Waals surface area contributed by atoms with Crippen LogP contribution in [0.1, 0.15) is 22.8 Å². The van der Waals surface area contributed by atoms with Crippen molar-refractivity contribution in [1.82, 2.24) is 19.9 Å². The van der Waals surface area contributed by atoms with Crippen molar-refractivity contribution in [2.45, 2.75) is 0 Å². The molecule has 0 saturated heterocycles. The first-order chi connectivity index (χ1) is 11.8. The quantitative estimate of drug-likeness (QED) is 0.359. The van der Waals surface area contributed by atoms with Gasteiger partial charge in [0.2, 0.25) is 0 Å². The van der Waals surface area contributed by atoms with Crippen molar-refractivity contribution in [2.24, 2.45) is 0 Å². The normalized spacial score (nSPS) is 11.7. The van der Waals surface area contributed by atoms with Crippen molar-refractivity contribution in [3.8, 4) is 0 Å². The predicted molar refractivity (Wildman–Crippen MR) is 98.9 cm³/mol. The molecule has 8 bridgehead atoms.